The number of nitrogens with one attached hydrogen (secondary N) is 4. The fourth-order valence-corrected chi connectivity index (χ4v) is 13.2. The number of aromatic nitrogens is 1. The third-order valence-corrected chi connectivity index (χ3v) is 18.2. The van der Waals surface area contributed by atoms with Crippen LogP contribution >= 0.6 is 0 Å². The number of imide groups is 2. The number of hydrogen-bond donors (Lipinski definition) is 4. The quantitative estimate of drug-likeness (QED) is 0.101. The van der Waals surface area contributed by atoms with Gasteiger partial charge in [0.05, 0.1) is 49.5 Å². The summed E-state index contributed by atoms with van der Waals surface area (Å²) in [5.41, 5.74) is -2.99. The van der Waals surface area contributed by atoms with E-state index in [0.717, 1.165) is 0 Å². The number of carboxylic acid groups (broad SMARTS) is 1. The molecule has 13 heteroatoms. The molecule has 2 aliphatic carbocycles. The molecular formula is C55H68N5O8-. The summed E-state index contributed by atoms with van der Waals surface area (Å²) in [4.78, 5) is 98.1. The largest absolute Gasteiger partial charge is 0.545 e. The second-order valence-corrected chi connectivity index (χ2v) is 23.0. The summed E-state index contributed by atoms with van der Waals surface area (Å²) in [5.74, 6) is -4.21. The maximum atomic E-state index is 15.2. The second kappa shape index (κ2) is 16.4. The number of fused-ring (bicyclic) bond motifs is 7. The first-order chi connectivity index (χ1) is 31.8. The Kier molecular flexibility index (Phi) is 11.7. The fourth-order valence-electron chi connectivity index (χ4n) is 13.2. The van der Waals surface area contributed by atoms with Gasteiger partial charge >= 0.3 is 0 Å². The van der Waals surface area contributed by atoms with E-state index >= 15 is 9.59 Å². The van der Waals surface area contributed by atoms with Crippen molar-refractivity contribution in [3.63, 3.8) is 0 Å². The Morgan fingerprint density at radius 2 is 0.853 bits per heavy atom. The minimum atomic E-state index is -1.32. The van der Waals surface area contributed by atoms with Crippen molar-refractivity contribution in [2.24, 2.45) is 68.0 Å². The number of carbonyl (C=O) groups is 7. The molecule has 4 bridgehead atoms. The predicted octanol–water partition coefficient (Wildman–Crippen LogP) is 8.56. The lowest BCUT2D eigenvalue weighted by Crippen LogP contribution is -2.68. The first kappa shape index (κ1) is 48.6. The number of hydrogen-bond acceptors (Lipinski definition) is 8. The van der Waals surface area contributed by atoms with E-state index in [2.05, 4.69) is 21.3 Å². The van der Waals surface area contributed by atoms with Crippen molar-refractivity contribution >= 4 is 74.6 Å². The topological polar surface area (TPSA) is 196 Å². The van der Waals surface area contributed by atoms with Crippen molar-refractivity contribution in [2.75, 3.05) is 10.6 Å². The number of rotatable bonds is 12. The van der Waals surface area contributed by atoms with Gasteiger partial charge in [-0.3, -0.25) is 39.4 Å². The molecule has 2 aliphatic heterocycles. The molecule has 0 radical (unpaired) electrons. The van der Waals surface area contributed by atoms with Crippen LogP contribution in [0.25, 0.3) is 27.5 Å². The normalized spacial score (nSPS) is 29.4. The monoisotopic (exact) mass is 927 g/mol. The van der Waals surface area contributed by atoms with E-state index in [-0.39, 0.29) is 102 Å². The predicted molar refractivity (Wildman–Crippen MR) is 260 cm³/mol. The molecule has 4 aliphatic rings. The summed E-state index contributed by atoms with van der Waals surface area (Å²) in [5, 5.41) is 25.4. The second-order valence-electron chi connectivity index (χ2n) is 23.0. The first-order valence-corrected chi connectivity index (χ1v) is 24.5. The lowest BCUT2D eigenvalue weighted by molar-refractivity contribution is -0.255. The molecule has 3 aromatic carbocycles. The molecule has 2 saturated heterocycles. The number of carboxylic acids is 1. The van der Waals surface area contributed by atoms with Crippen LogP contribution in [0, 0.1) is 68.0 Å². The third kappa shape index (κ3) is 6.94. The minimum Gasteiger partial charge on any atom is -0.545 e. The Morgan fingerprint density at radius 1 is 0.500 bits per heavy atom. The summed E-state index contributed by atoms with van der Waals surface area (Å²) in [6.07, 6.45) is 1.88. The molecule has 4 N–H and O–H groups in total. The molecule has 0 spiro atoms. The zero-order valence-corrected chi connectivity index (χ0v) is 41.7. The van der Waals surface area contributed by atoms with Gasteiger partial charge in [-0.2, -0.15) is 0 Å². The Bertz CT molecular complexity index is 2590. The van der Waals surface area contributed by atoms with Gasteiger partial charge < -0.3 is 25.1 Å². The van der Waals surface area contributed by atoms with Crippen LogP contribution in [-0.2, 0) is 28.8 Å². The van der Waals surface area contributed by atoms with Crippen LogP contribution in [-0.4, -0.2) is 46.0 Å². The molecule has 3 heterocycles. The third-order valence-electron chi connectivity index (χ3n) is 18.2. The van der Waals surface area contributed by atoms with Gasteiger partial charge in [0, 0.05) is 27.8 Å². The molecule has 8 rings (SSSR count). The van der Waals surface area contributed by atoms with Crippen molar-refractivity contribution in [1.29, 1.82) is 0 Å². The number of amides is 6. The van der Waals surface area contributed by atoms with Gasteiger partial charge in [0.15, 0.2) is 0 Å². The number of anilines is 2. The van der Waals surface area contributed by atoms with E-state index < -0.39 is 38.5 Å². The Balaban J connectivity index is 1.24. The molecule has 2 unspecified atom stereocenters. The van der Waals surface area contributed by atoms with Gasteiger partial charge in [0.2, 0.25) is 35.4 Å². The van der Waals surface area contributed by atoms with Crippen LogP contribution in [0.4, 0.5) is 11.4 Å². The summed E-state index contributed by atoms with van der Waals surface area (Å²) in [7, 11) is 0. The number of carbonyl (C=O) groups excluding carboxylic acids is 7. The highest BCUT2D eigenvalue weighted by Crippen LogP contribution is 2.66. The van der Waals surface area contributed by atoms with E-state index in [4.69, 9.17) is 0 Å². The molecule has 6 amide bonds. The highest BCUT2D eigenvalue weighted by atomic mass is 16.4. The first-order valence-electron chi connectivity index (χ1n) is 24.5. The van der Waals surface area contributed by atoms with E-state index in [0.29, 0.717) is 51.7 Å². The summed E-state index contributed by atoms with van der Waals surface area (Å²) >= 11 is 0. The van der Waals surface area contributed by atoms with E-state index in [1.54, 1.807) is 24.3 Å². The van der Waals surface area contributed by atoms with Gasteiger partial charge in [-0.25, -0.2) is 0 Å². The van der Waals surface area contributed by atoms with Crippen molar-refractivity contribution < 1.29 is 38.7 Å². The van der Waals surface area contributed by atoms with Gasteiger partial charge in [0.1, 0.15) is 0 Å². The van der Waals surface area contributed by atoms with Gasteiger partial charge in [-0.05, 0) is 128 Å². The number of nitrogens with zero attached hydrogens (tertiary/aromatic N) is 1. The number of aromatic carboxylic acids is 1. The lowest BCUT2D eigenvalue weighted by atomic mass is 9.43. The minimum absolute atomic E-state index is 0.00580. The summed E-state index contributed by atoms with van der Waals surface area (Å²) in [6, 6.07) is 17.5. The van der Waals surface area contributed by atoms with E-state index in [1.807, 2.05) is 112 Å². The molecule has 2 saturated carbocycles. The molecule has 4 fully saturated rings. The van der Waals surface area contributed by atoms with Crippen LogP contribution in [0.3, 0.4) is 0 Å². The average Bonchev–Trinajstić information content (AvgIpc) is 3.59. The zero-order chi connectivity index (χ0) is 49.8. The molecule has 4 aromatic rings. The Morgan fingerprint density at radius 3 is 1.16 bits per heavy atom. The highest BCUT2D eigenvalue weighted by molar-refractivity contribution is 6.14. The molecule has 362 valence electrons. The average molecular weight is 927 g/mol. The van der Waals surface area contributed by atoms with Crippen molar-refractivity contribution in [3.8, 4) is 5.69 Å². The van der Waals surface area contributed by atoms with Gasteiger partial charge in [0.25, 0.3) is 0 Å². The molecular weight excluding hydrogens is 859 g/mol. The van der Waals surface area contributed by atoms with Crippen LogP contribution in [0.5, 0.6) is 0 Å². The Hall–Kier alpha value is -5.85. The molecule has 6 atom stereocenters. The van der Waals surface area contributed by atoms with Crippen molar-refractivity contribution in [1.82, 2.24) is 15.2 Å². The molecule has 68 heavy (non-hydrogen) atoms. The van der Waals surface area contributed by atoms with Gasteiger partial charge in [-0.1, -0.05) is 95.2 Å². The molecule has 1 aromatic heterocycles. The lowest BCUT2D eigenvalue weighted by Gasteiger charge is -2.60. The summed E-state index contributed by atoms with van der Waals surface area (Å²) in [6.45, 7) is 23.9. The number of piperidine rings is 2. The zero-order valence-electron chi connectivity index (χ0n) is 41.7. The fraction of sp³-hybridized carbons (Fsp3) is 0.545. The summed E-state index contributed by atoms with van der Waals surface area (Å²) < 4.78 is 1.93. The maximum Gasteiger partial charge on any atom is 0.233 e. The standard InChI is InChI=1S/C55H69N5O8/c1-29(2)50(23-52(31(5)6)27-53(24-50,32(7)8)47(66)58-46(52)65)44(63)56-36-16-18-41-39(21-36)40-22-37(17-19-42(40)60(41)38-15-13-14-35(20-38)43(61)62)57-45(64)51(30(3)4)25-54(33(9)10)28-55(26-51,34(11)12)49(68)59-48(54)67/h13-22,29-34H,23-28H2,1-12H3,(H,56,63)(H,57,64)(H,61,62)(H,58,65,66)(H,59,67,68)/p-1/t50?,51?,52-,53+,54-,55+. The molecule has 13 nitrogen and oxygen atoms in total. The smallest absolute Gasteiger partial charge is 0.233 e. The van der Waals surface area contributed by atoms with Crippen LogP contribution in [0.15, 0.2) is 60.7 Å². The van der Waals surface area contributed by atoms with Crippen LogP contribution in [0.1, 0.15) is 132 Å². The number of benzene rings is 3. The van der Waals surface area contributed by atoms with Crippen molar-refractivity contribution in [2.45, 2.75) is 122 Å². The van der Waals surface area contributed by atoms with Crippen molar-refractivity contribution in [3.05, 3.63) is 66.2 Å². The SMILES string of the molecule is CC(C)C1(C(=O)Nc2ccc3c(c2)c2cc(NC(=O)C4(C(C)C)C[C@]5(C(C)C)C[C@](C(C)C)(C4)C(=O)NC5=O)ccc2n3-c2cccc(C(=O)[O-])c2)C[C@]2(C(C)C)C[C@](C(C)C)(C1)C(=O)NC2=O. The van der Waals surface area contributed by atoms with E-state index in [1.165, 1.54) is 12.1 Å². The van der Waals surface area contributed by atoms with Gasteiger partial charge in [-0.15, -0.1) is 0 Å². The Labute approximate surface area is 399 Å². The highest BCUT2D eigenvalue weighted by Gasteiger charge is 2.69. The van der Waals surface area contributed by atoms with Crippen LogP contribution in [0.2, 0.25) is 0 Å². The van der Waals surface area contributed by atoms with Crippen LogP contribution < -0.4 is 26.4 Å². The maximum absolute atomic E-state index is 15.2. The van der Waals surface area contributed by atoms with E-state index in [9.17, 15) is 29.1 Å².